The van der Waals surface area contributed by atoms with Gasteiger partial charge in [-0.25, -0.2) is 4.40 Å². The molecule has 64 valence electrons. The highest BCUT2D eigenvalue weighted by atomic mass is 32.2. The first-order chi connectivity index (χ1) is 5.75. The molecule has 1 heterocycles. The minimum absolute atomic E-state index is 0.963. The SMILES string of the molecule is CS/N=C1/C=NC=CC1=C(C)C. The van der Waals surface area contributed by atoms with Crippen LogP contribution in [-0.4, -0.2) is 18.2 Å². The van der Waals surface area contributed by atoms with E-state index in [1.807, 2.05) is 12.3 Å². The van der Waals surface area contributed by atoms with Crippen LogP contribution in [0.15, 0.2) is 32.8 Å². The van der Waals surface area contributed by atoms with E-state index in [0.717, 1.165) is 5.71 Å². The van der Waals surface area contributed by atoms with Crippen molar-refractivity contribution in [1.29, 1.82) is 0 Å². The number of aliphatic imine (C=N–C) groups is 1. The van der Waals surface area contributed by atoms with Gasteiger partial charge in [-0.3, -0.25) is 4.99 Å². The molecule has 0 amide bonds. The van der Waals surface area contributed by atoms with Gasteiger partial charge in [0.2, 0.25) is 0 Å². The molecule has 12 heavy (non-hydrogen) atoms. The molecule has 0 aliphatic carbocycles. The summed E-state index contributed by atoms with van der Waals surface area (Å²) < 4.78 is 4.26. The predicted molar refractivity (Wildman–Crippen MR) is 57.0 cm³/mol. The summed E-state index contributed by atoms with van der Waals surface area (Å²) in [7, 11) is 0. The summed E-state index contributed by atoms with van der Waals surface area (Å²) in [5.41, 5.74) is 3.41. The second-order valence-electron chi connectivity index (χ2n) is 2.67. The molecule has 0 radical (unpaired) electrons. The molecule has 0 bridgehead atoms. The van der Waals surface area contributed by atoms with Gasteiger partial charge in [0.25, 0.3) is 0 Å². The normalized spacial score (nSPS) is 18.9. The summed E-state index contributed by atoms with van der Waals surface area (Å²) in [6.07, 6.45) is 7.52. The Morgan fingerprint density at radius 3 is 2.83 bits per heavy atom. The second-order valence-corrected chi connectivity index (χ2v) is 3.21. The number of allylic oxidation sites excluding steroid dienone is 3. The monoisotopic (exact) mass is 180 g/mol. The molecule has 2 nitrogen and oxygen atoms in total. The van der Waals surface area contributed by atoms with E-state index < -0.39 is 0 Å². The van der Waals surface area contributed by atoms with Gasteiger partial charge in [0, 0.05) is 18.0 Å². The number of nitrogens with zero attached hydrogens (tertiary/aromatic N) is 2. The lowest BCUT2D eigenvalue weighted by Gasteiger charge is -2.06. The Morgan fingerprint density at radius 2 is 2.25 bits per heavy atom. The predicted octanol–water partition coefficient (Wildman–Crippen LogP) is 2.64. The van der Waals surface area contributed by atoms with E-state index in [-0.39, 0.29) is 0 Å². The summed E-state index contributed by atoms with van der Waals surface area (Å²) >= 11 is 1.46. The van der Waals surface area contributed by atoms with Gasteiger partial charge >= 0.3 is 0 Å². The van der Waals surface area contributed by atoms with E-state index in [0.29, 0.717) is 0 Å². The summed E-state index contributed by atoms with van der Waals surface area (Å²) in [5.74, 6) is 0. The number of rotatable bonds is 1. The molecule has 0 atom stereocenters. The van der Waals surface area contributed by atoms with Crippen molar-refractivity contribution in [3.05, 3.63) is 23.4 Å². The quantitative estimate of drug-likeness (QED) is 0.569. The first-order valence-electron chi connectivity index (χ1n) is 3.74. The lowest BCUT2D eigenvalue weighted by molar-refractivity contribution is 1.35. The molecular formula is C9H12N2S. The highest BCUT2D eigenvalue weighted by Gasteiger charge is 2.05. The largest absolute Gasteiger partial charge is 0.262 e. The third-order valence-electron chi connectivity index (χ3n) is 1.53. The van der Waals surface area contributed by atoms with E-state index in [1.165, 1.54) is 23.1 Å². The molecule has 1 aliphatic heterocycles. The van der Waals surface area contributed by atoms with Crippen molar-refractivity contribution in [3.8, 4) is 0 Å². The molecule has 0 unspecified atom stereocenters. The molecule has 0 N–H and O–H groups in total. The van der Waals surface area contributed by atoms with Gasteiger partial charge in [-0.2, -0.15) is 0 Å². The molecule has 1 rings (SSSR count). The van der Waals surface area contributed by atoms with Gasteiger partial charge < -0.3 is 0 Å². The van der Waals surface area contributed by atoms with Crippen LogP contribution in [0.25, 0.3) is 0 Å². The second kappa shape index (κ2) is 4.26. The van der Waals surface area contributed by atoms with Crippen molar-refractivity contribution >= 4 is 23.9 Å². The number of hydrogen-bond acceptors (Lipinski definition) is 3. The van der Waals surface area contributed by atoms with Crippen molar-refractivity contribution in [2.45, 2.75) is 13.8 Å². The average molecular weight is 180 g/mol. The van der Waals surface area contributed by atoms with Crippen LogP contribution in [-0.2, 0) is 0 Å². The summed E-state index contributed by atoms with van der Waals surface area (Å²) in [6.45, 7) is 4.16. The molecular weight excluding hydrogens is 168 g/mol. The van der Waals surface area contributed by atoms with Crippen molar-refractivity contribution in [1.82, 2.24) is 0 Å². The van der Waals surface area contributed by atoms with Gasteiger partial charge in [-0.15, -0.1) is 0 Å². The third kappa shape index (κ3) is 2.08. The Kier molecular flexibility index (Phi) is 3.29. The fourth-order valence-corrected chi connectivity index (χ4v) is 1.32. The summed E-state index contributed by atoms with van der Waals surface area (Å²) in [5, 5.41) is 0. The maximum Gasteiger partial charge on any atom is 0.0967 e. The summed E-state index contributed by atoms with van der Waals surface area (Å²) in [4.78, 5) is 4.03. The van der Waals surface area contributed by atoms with Gasteiger partial charge in [0.05, 0.1) is 11.9 Å². The summed E-state index contributed by atoms with van der Waals surface area (Å²) in [6, 6.07) is 0. The Labute approximate surface area is 77.3 Å². The minimum Gasteiger partial charge on any atom is -0.262 e. The Bertz CT molecular complexity index is 281. The van der Waals surface area contributed by atoms with E-state index in [9.17, 15) is 0 Å². The minimum atomic E-state index is 0.963. The van der Waals surface area contributed by atoms with Gasteiger partial charge in [0.15, 0.2) is 0 Å². The van der Waals surface area contributed by atoms with E-state index in [2.05, 4.69) is 23.2 Å². The average Bonchev–Trinajstić information content (AvgIpc) is 2.05. The van der Waals surface area contributed by atoms with Gasteiger partial charge in [0.1, 0.15) is 0 Å². The Hall–Kier alpha value is -0.830. The van der Waals surface area contributed by atoms with Crippen LogP contribution >= 0.6 is 11.9 Å². The fraction of sp³-hybridized carbons (Fsp3) is 0.333. The van der Waals surface area contributed by atoms with Crippen molar-refractivity contribution in [3.63, 3.8) is 0 Å². The maximum atomic E-state index is 4.26. The smallest absolute Gasteiger partial charge is 0.0967 e. The zero-order valence-corrected chi connectivity index (χ0v) is 8.35. The zero-order valence-electron chi connectivity index (χ0n) is 7.53. The molecule has 1 aliphatic rings. The molecule has 0 fully saturated rings. The lowest BCUT2D eigenvalue weighted by atomic mass is 10.1. The van der Waals surface area contributed by atoms with E-state index in [1.54, 1.807) is 12.4 Å². The van der Waals surface area contributed by atoms with Crippen LogP contribution in [0, 0.1) is 0 Å². The van der Waals surface area contributed by atoms with Crippen LogP contribution in [0.3, 0.4) is 0 Å². The van der Waals surface area contributed by atoms with Crippen LogP contribution in [0.4, 0.5) is 0 Å². The molecule has 0 saturated heterocycles. The third-order valence-corrected chi connectivity index (χ3v) is 1.91. The first kappa shape index (κ1) is 9.26. The standard InChI is InChI=1S/C9H12N2S/c1-7(2)8-4-5-10-6-9(8)11-12-3/h4-6H,1-3H3/b11-9-. The zero-order chi connectivity index (χ0) is 8.97. The van der Waals surface area contributed by atoms with Gasteiger partial charge in [-0.1, -0.05) is 5.57 Å². The molecule has 0 spiro atoms. The molecule has 0 aromatic heterocycles. The maximum absolute atomic E-state index is 4.26. The Balaban J connectivity index is 3.02. The van der Waals surface area contributed by atoms with Crippen molar-refractivity contribution in [2.24, 2.45) is 9.39 Å². The highest BCUT2D eigenvalue weighted by Crippen LogP contribution is 2.12. The van der Waals surface area contributed by atoms with Crippen molar-refractivity contribution < 1.29 is 0 Å². The van der Waals surface area contributed by atoms with Crippen LogP contribution in [0.2, 0.25) is 0 Å². The van der Waals surface area contributed by atoms with Crippen LogP contribution in [0.1, 0.15) is 13.8 Å². The lowest BCUT2D eigenvalue weighted by Crippen LogP contribution is -2.06. The van der Waals surface area contributed by atoms with E-state index in [4.69, 9.17) is 0 Å². The van der Waals surface area contributed by atoms with Crippen LogP contribution < -0.4 is 0 Å². The fourth-order valence-electron chi connectivity index (χ4n) is 0.980. The van der Waals surface area contributed by atoms with Crippen LogP contribution in [0.5, 0.6) is 0 Å². The number of hydrogen-bond donors (Lipinski definition) is 0. The first-order valence-corrected chi connectivity index (χ1v) is 4.92. The van der Waals surface area contributed by atoms with Crippen molar-refractivity contribution in [2.75, 3.05) is 6.26 Å². The highest BCUT2D eigenvalue weighted by molar-refractivity contribution is 7.97. The molecule has 0 aromatic carbocycles. The van der Waals surface area contributed by atoms with E-state index >= 15 is 0 Å². The van der Waals surface area contributed by atoms with Gasteiger partial charge in [-0.05, 0) is 31.9 Å². The Morgan fingerprint density at radius 1 is 1.50 bits per heavy atom. The topological polar surface area (TPSA) is 24.7 Å². The molecule has 3 heteroatoms. The molecule has 0 saturated carbocycles. The molecule has 0 aromatic rings.